The summed E-state index contributed by atoms with van der Waals surface area (Å²) in [4.78, 5) is 0. The molecule has 0 bridgehead atoms. The zero-order valence-electron chi connectivity index (χ0n) is 10.7. The van der Waals surface area contributed by atoms with Gasteiger partial charge in [0, 0.05) is 18.3 Å². The lowest BCUT2D eigenvalue weighted by Gasteiger charge is -2.14. The first-order chi connectivity index (χ1) is 7.60. The molecule has 0 radical (unpaired) electrons. The van der Waals surface area contributed by atoms with Crippen LogP contribution in [0.15, 0.2) is 4.47 Å². The molecule has 0 aliphatic carbocycles. The molecule has 1 aromatic heterocycles. The highest BCUT2D eigenvalue weighted by Crippen LogP contribution is 2.19. The van der Waals surface area contributed by atoms with Gasteiger partial charge in [-0.15, -0.1) is 0 Å². The van der Waals surface area contributed by atoms with E-state index in [-0.39, 0.29) is 0 Å². The number of nitrogens with zero attached hydrogens (tertiary/aromatic N) is 2. The zero-order valence-corrected chi connectivity index (χ0v) is 12.3. The van der Waals surface area contributed by atoms with Gasteiger partial charge in [-0.25, -0.2) is 0 Å². The summed E-state index contributed by atoms with van der Waals surface area (Å²) in [6.07, 6.45) is 2.38. The summed E-state index contributed by atoms with van der Waals surface area (Å²) in [7, 11) is 0. The Hall–Kier alpha value is -0.350. The molecule has 0 aromatic carbocycles. The van der Waals surface area contributed by atoms with Gasteiger partial charge in [0.1, 0.15) is 0 Å². The van der Waals surface area contributed by atoms with Crippen LogP contribution in [-0.2, 0) is 6.54 Å². The molecule has 0 saturated carbocycles. The first-order valence-corrected chi connectivity index (χ1v) is 6.82. The van der Waals surface area contributed by atoms with E-state index in [2.05, 4.69) is 51.8 Å². The smallest absolute Gasteiger partial charge is 0.0738 e. The van der Waals surface area contributed by atoms with Crippen molar-refractivity contribution in [2.75, 3.05) is 6.54 Å². The third-order valence-electron chi connectivity index (χ3n) is 3.04. The van der Waals surface area contributed by atoms with Gasteiger partial charge in [-0.05, 0) is 42.6 Å². The topological polar surface area (TPSA) is 29.9 Å². The highest BCUT2D eigenvalue weighted by atomic mass is 79.9. The number of halogens is 1. The number of hydrogen-bond acceptors (Lipinski definition) is 2. The summed E-state index contributed by atoms with van der Waals surface area (Å²) in [6.45, 7) is 10.5. The van der Waals surface area contributed by atoms with Crippen molar-refractivity contribution in [2.45, 2.75) is 53.1 Å². The van der Waals surface area contributed by atoms with Gasteiger partial charge in [0.2, 0.25) is 0 Å². The third-order valence-corrected chi connectivity index (χ3v) is 4.18. The van der Waals surface area contributed by atoms with Crippen molar-refractivity contribution in [3.8, 4) is 0 Å². The molecule has 1 heterocycles. The fourth-order valence-corrected chi connectivity index (χ4v) is 2.13. The van der Waals surface area contributed by atoms with Crippen molar-refractivity contribution in [3.63, 3.8) is 0 Å². The summed E-state index contributed by atoms with van der Waals surface area (Å²) < 4.78 is 3.20. The minimum absolute atomic E-state index is 0.639. The van der Waals surface area contributed by atoms with Gasteiger partial charge in [-0.1, -0.05) is 13.8 Å². The second kappa shape index (κ2) is 6.40. The van der Waals surface area contributed by atoms with Gasteiger partial charge < -0.3 is 5.32 Å². The van der Waals surface area contributed by atoms with Crippen molar-refractivity contribution in [2.24, 2.45) is 0 Å². The van der Waals surface area contributed by atoms with E-state index >= 15 is 0 Å². The fraction of sp³-hybridized carbons (Fsp3) is 0.750. The first kappa shape index (κ1) is 13.7. The van der Waals surface area contributed by atoms with Crippen LogP contribution in [0.2, 0.25) is 0 Å². The molecule has 3 nitrogen and oxygen atoms in total. The van der Waals surface area contributed by atoms with E-state index in [9.17, 15) is 0 Å². The van der Waals surface area contributed by atoms with E-state index in [4.69, 9.17) is 0 Å². The highest BCUT2D eigenvalue weighted by molar-refractivity contribution is 9.10. The average Bonchev–Trinajstić information content (AvgIpc) is 2.52. The molecule has 0 aliphatic rings. The molecule has 1 rings (SSSR count). The number of hydrogen-bond donors (Lipinski definition) is 1. The SMILES string of the molecule is CCC(CC)NCCn1nc(C)c(Br)c1C. The molecule has 0 aliphatic heterocycles. The van der Waals surface area contributed by atoms with Crippen molar-refractivity contribution in [1.82, 2.24) is 15.1 Å². The van der Waals surface area contributed by atoms with Crippen LogP contribution in [-0.4, -0.2) is 22.4 Å². The Kier molecular flexibility index (Phi) is 5.49. The van der Waals surface area contributed by atoms with E-state index in [1.807, 2.05) is 6.92 Å². The molecular weight excluding hydrogens is 266 g/mol. The maximum Gasteiger partial charge on any atom is 0.0738 e. The van der Waals surface area contributed by atoms with Crippen LogP contribution >= 0.6 is 15.9 Å². The van der Waals surface area contributed by atoms with Crippen LogP contribution in [0.25, 0.3) is 0 Å². The second-order valence-electron chi connectivity index (χ2n) is 4.18. The lowest BCUT2D eigenvalue weighted by molar-refractivity contribution is 0.451. The Bertz CT molecular complexity index is 329. The van der Waals surface area contributed by atoms with Gasteiger partial charge in [0.25, 0.3) is 0 Å². The minimum atomic E-state index is 0.639. The van der Waals surface area contributed by atoms with Gasteiger partial charge in [-0.3, -0.25) is 4.68 Å². The monoisotopic (exact) mass is 287 g/mol. The molecule has 0 amide bonds. The lowest BCUT2D eigenvalue weighted by Crippen LogP contribution is -2.31. The van der Waals surface area contributed by atoms with E-state index in [0.717, 1.165) is 23.3 Å². The molecule has 4 heteroatoms. The van der Waals surface area contributed by atoms with Crippen LogP contribution in [0.1, 0.15) is 38.1 Å². The maximum absolute atomic E-state index is 4.49. The Balaban J connectivity index is 2.46. The molecule has 16 heavy (non-hydrogen) atoms. The van der Waals surface area contributed by atoms with Crippen LogP contribution < -0.4 is 5.32 Å². The van der Waals surface area contributed by atoms with Crippen molar-refractivity contribution < 1.29 is 0 Å². The Morgan fingerprint density at radius 2 is 1.94 bits per heavy atom. The quantitative estimate of drug-likeness (QED) is 0.872. The van der Waals surface area contributed by atoms with Gasteiger partial charge >= 0.3 is 0 Å². The molecule has 0 unspecified atom stereocenters. The van der Waals surface area contributed by atoms with Gasteiger partial charge in [-0.2, -0.15) is 5.10 Å². The summed E-state index contributed by atoms with van der Waals surface area (Å²) in [5, 5.41) is 8.04. The first-order valence-electron chi connectivity index (χ1n) is 6.03. The largest absolute Gasteiger partial charge is 0.312 e. The minimum Gasteiger partial charge on any atom is -0.312 e. The normalized spacial score (nSPS) is 11.4. The molecular formula is C12H22BrN3. The number of nitrogens with one attached hydrogen (secondary N) is 1. The molecule has 0 atom stereocenters. The summed E-state index contributed by atoms with van der Waals surface area (Å²) >= 11 is 3.54. The molecule has 92 valence electrons. The molecule has 0 spiro atoms. The van der Waals surface area contributed by atoms with Crippen molar-refractivity contribution in [3.05, 3.63) is 15.9 Å². The van der Waals surface area contributed by atoms with Crippen LogP contribution in [0.3, 0.4) is 0 Å². The second-order valence-corrected chi connectivity index (χ2v) is 4.97. The Labute approximate surface area is 107 Å². The van der Waals surface area contributed by atoms with Crippen molar-refractivity contribution >= 4 is 15.9 Å². The molecule has 1 N–H and O–H groups in total. The summed E-state index contributed by atoms with van der Waals surface area (Å²) in [5.41, 5.74) is 2.28. The molecule has 0 saturated heterocycles. The fourth-order valence-electron chi connectivity index (χ4n) is 1.84. The predicted octanol–water partition coefficient (Wildman–Crippen LogP) is 3.04. The van der Waals surface area contributed by atoms with E-state index in [0.29, 0.717) is 6.04 Å². The Morgan fingerprint density at radius 1 is 1.31 bits per heavy atom. The number of aromatic nitrogens is 2. The predicted molar refractivity (Wildman–Crippen MR) is 71.8 cm³/mol. The van der Waals surface area contributed by atoms with Crippen LogP contribution in [0.4, 0.5) is 0 Å². The maximum atomic E-state index is 4.49. The van der Waals surface area contributed by atoms with E-state index in [1.54, 1.807) is 0 Å². The van der Waals surface area contributed by atoms with Crippen LogP contribution in [0.5, 0.6) is 0 Å². The van der Waals surface area contributed by atoms with Crippen molar-refractivity contribution in [1.29, 1.82) is 0 Å². The van der Waals surface area contributed by atoms with E-state index < -0.39 is 0 Å². The summed E-state index contributed by atoms with van der Waals surface area (Å²) in [5.74, 6) is 0. The molecule has 1 aromatic rings. The number of aryl methyl sites for hydroxylation is 1. The lowest BCUT2D eigenvalue weighted by atomic mass is 10.2. The van der Waals surface area contributed by atoms with Crippen LogP contribution in [0, 0.1) is 13.8 Å². The average molecular weight is 288 g/mol. The zero-order chi connectivity index (χ0) is 12.1. The third kappa shape index (κ3) is 3.32. The standard InChI is InChI=1S/C12H22BrN3/c1-5-11(6-2)14-7-8-16-10(4)12(13)9(3)15-16/h11,14H,5-8H2,1-4H3. The highest BCUT2D eigenvalue weighted by Gasteiger charge is 2.08. The summed E-state index contributed by atoms with van der Waals surface area (Å²) in [6, 6.07) is 0.639. The molecule has 0 fully saturated rings. The Morgan fingerprint density at radius 3 is 2.38 bits per heavy atom. The van der Waals surface area contributed by atoms with Gasteiger partial charge in [0.05, 0.1) is 16.7 Å². The van der Waals surface area contributed by atoms with E-state index in [1.165, 1.54) is 18.5 Å². The van der Waals surface area contributed by atoms with Gasteiger partial charge in [0.15, 0.2) is 0 Å². The number of rotatable bonds is 6.